The molecule has 0 bridgehead atoms. The maximum Gasteiger partial charge on any atom is 0.155 e. The standard InChI is InChI=1S/C21H30O2/c1-14-6-10-20(3)17(4-5-18(20)23)21(14)11-7-15-12-16(22)8-9-19(15,2)13-21/h12,14,17H,4-11,13H2,1-3H3. The third-order valence-corrected chi connectivity index (χ3v) is 8.45. The number of hydrogen-bond acceptors (Lipinski definition) is 2. The SMILES string of the molecule is CC1CCC2(C)C(=O)CCC2C12CCC1=CC(=O)CCC1(C)C2. The Balaban J connectivity index is 1.74. The van der Waals surface area contributed by atoms with E-state index in [4.69, 9.17) is 0 Å². The van der Waals surface area contributed by atoms with Crippen molar-refractivity contribution in [1.82, 2.24) is 0 Å². The van der Waals surface area contributed by atoms with Crippen molar-refractivity contribution < 1.29 is 9.59 Å². The van der Waals surface area contributed by atoms with Crippen LogP contribution in [0.5, 0.6) is 0 Å². The largest absolute Gasteiger partial charge is 0.299 e. The second kappa shape index (κ2) is 4.80. The van der Waals surface area contributed by atoms with Crippen molar-refractivity contribution in [3.8, 4) is 0 Å². The topological polar surface area (TPSA) is 34.1 Å². The average molecular weight is 314 g/mol. The molecule has 4 aliphatic rings. The Morgan fingerprint density at radius 2 is 1.78 bits per heavy atom. The van der Waals surface area contributed by atoms with E-state index in [1.807, 2.05) is 6.08 Å². The molecule has 0 aliphatic heterocycles. The number of fused-ring (bicyclic) bond motifs is 3. The lowest BCUT2D eigenvalue weighted by Gasteiger charge is -2.60. The molecule has 3 fully saturated rings. The summed E-state index contributed by atoms with van der Waals surface area (Å²) in [5.41, 5.74) is 1.87. The van der Waals surface area contributed by atoms with Crippen LogP contribution in [-0.4, -0.2) is 11.6 Å². The van der Waals surface area contributed by atoms with E-state index in [1.54, 1.807) is 0 Å². The Morgan fingerprint density at radius 3 is 2.57 bits per heavy atom. The van der Waals surface area contributed by atoms with E-state index in [0.717, 1.165) is 32.1 Å². The summed E-state index contributed by atoms with van der Waals surface area (Å²) in [6, 6.07) is 0. The molecule has 126 valence electrons. The van der Waals surface area contributed by atoms with Crippen molar-refractivity contribution in [3.63, 3.8) is 0 Å². The smallest absolute Gasteiger partial charge is 0.155 e. The lowest BCUT2D eigenvalue weighted by atomic mass is 9.44. The first-order chi connectivity index (χ1) is 10.8. The van der Waals surface area contributed by atoms with Gasteiger partial charge in [0.2, 0.25) is 0 Å². The number of carbonyl (C=O) groups is 2. The van der Waals surface area contributed by atoms with E-state index < -0.39 is 0 Å². The summed E-state index contributed by atoms with van der Waals surface area (Å²) in [5, 5.41) is 0. The zero-order chi connectivity index (χ0) is 16.5. The highest BCUT2D eigenvalue weighted by Crippen LogP contribution is 2.68. The molecular formula is C21H30O2. The van der Waals surface area contributed by atoms with Crippen molar-refractivity contribution in [1.29, 1.82) is 0 Å². The van der Waals surface area contributed by atoms with Crippen molar-refractivity contribution >= 4 is 11.6 Å². The van der Waals surface area contributed by atoms with E-state index in [-0.39, 0.29) is 10.8 Å². The van der Waals surface area contributed by atoms with Crippen LogP contribution in [0.2, 0.25) is 0 Å². The fraction of sp³-hybridized carbons (Fsp3) is 0.810. The van der Waals surface area contributed by atoms with Crippen LogP contribution in [0.3, 0.4) is 0 Å². The van der Waals surface area contributed by atoms with Gasteiger partial charge in [0.05, 0.1) is 0 Å². The fourth-order valence-corrected chi connectivity index (χ4v) is 6.93. The van der Waals surface area contributed by atoms with E-state index in [9.17, 15) is 9.59 Å². The quantitative estimate of drug-likeness (QED) is 0.639. The van der Waals surface area contributed by atoms with Crippen molar-refractivity contribution in [3.05, 3.63) is 11.6 Å². The Hall–Kier alpha value is -0.920. The van der Waals surface area contributed by atoms with Gasteiger partial charge in [0.15, 0.2) is 5.78 Å². The molecule has 0 heterocycles. The molecule has 3 saturated carbocycles. The molecule has 0 aromatic rings. The lowest BCUT2D eigenvalue weighted by Crippen LogP contribution is -2.53. The average Bonchev–Trinajstić information content (AvgIpc) is 2.81. The molecule has 0 amide bonds. The Morgan fingerprint density at radius 1 is 1.00 bits per heavy atom. The van der Waals surface area contributed by atoms with Crippen LogP contribution in [-0.2, 0) is 9.59 Å². The molecule has 4 aliphatic carbocycles. The first-order valence-corrected chi connectivity index (χ1v) is 9.57. The third-order valence-electron chi connectivity index (χ3n) is 8.45. The minimum absolute atomic E-state index is 0.0609. The Bertz CT molecular complexity index is 603. The molecule has 4 rings (SSSR count). The summed E-state index contributed by atoms with van der Waals surface area (Å²) in [4.78, 5) is 24.5. The molecule has 0 radical (unpaired) electrons. The normalized spacial score (nSPS) is 49.8. The van der Waals surface area contributed by atoms with Gasteiger partial charge >= 0.3 is 0 Å². The predicted molar refractivity (Wildman–Crippen MR) is 91.0 cm³/mol. The van der Waals surface area contributed by atoms with E-state index in [0.29, 0.717) is 35.2 Å². The van der Waals surface area contributed by atoms with Crippen LogP contribution >= 0.6 is 0 Å². The predicted octanol–water partition coefficient (Wildman–Crippen LogP) is 4.87. The van der Waals surface area contributed by atoms with Crippen molar-refractivity contribution in [2.75, 3.05) is 0 Å². The van der Waals surface area contributed by atoms with Crippen LogP contribution < -0.4 is 0 Å². The van der Waals surface area contributed by atoms with Gasteiger partial charge in [-0.05, 0) is 73.7 Å². The molecule has 5 atom stereocenters. The number of rotatable bonds is 0. The first kappa shape index (κ1) is 15.6. The summed E-state index contributed by atoms with van der Waals surface area (Å²) in [5.74, 6) is 2.13. The highest BCUT2D eigenvalue weighted by molar-refractivity contribution is 5.91. The number of ketones is 2. The van der Waals surface area contributed by atoms with Gasteiger partial charge in [-0.2, -0.15) is 0 Å². The number of carbonyl (C=O) groups excluding carboxylic acids is 2. The third kappa shape index (κ3) is 1.99. The second-order valence-corrected chi connectivity index (χ2v) is 9.48. The van der Waals surface area contributed by atoms with Crippen LogP contribution in [0, 0.1) is 28.1 Å². The van der Waals surface area contributed by atoms with Gasteiger partial charge in [0.1, 0.15) is 5.78 Å². The highest BCUT2D eigenvalue weighted by atomic mass is 16.1. The highest BCUT2D eigenvalue weighted by Gasteiger charge is 2.62. The lowest BCUT2D eigenvalue weighted by molar-refractivity contribution is -0.139. The maximum atomic E-state index is 12.6. The Labute approximate surface area is 140 Å². The van der Waals surface area contributed by atoms with Crippen LogP contribution in [0.4, 0.5) is 0 Å². The number of hydrogen-bond donors (Lipinski definition) is 0. The molecule has 0 saturated heterocycles. The molecule has 0 aromatic carbocycles. The summed E-state index contributed by atoms with van der Waals surface area (Å²) < 4.78 is 0. The van der Waals surface area contributed by atoms with Gasteiger partial charge in [-0.25, -0.2) is 0 Å². The molecule has 0 aromatic heterocycles. The molecular weight excluding hydrogens is 284 g/mol. The van der Waals surface area contributed by atoms with Crippen LogP contribution in [0.15, 0.2) is 11.6 Å². The molecule has 5 unspecified atom stereocenters. The maximum absolute atomic E-state index is 12.6. The van der Waals surface area contributed by atoms with Crippen molar-refractivity contribution in [2.45, 2.75) is 78.6 Å². The number of Topliss-reactive ketones (excluding diaryl/α,β-unsaturated/α-hetero) is 1. The zero-order valence-electron chi connectivity index (χ0n) is 14.9. The fourth-order valence-electron chi connectivity index (χ4n) is 6.93. The molecule has 2 nitrogen and oxygen atoms in total. The molecule has 0 N–H and O–H groups in total. The van der Waals surface area contributed by atoms with E-state index in [1.165, 1.54) is 24.8 Å². The summed E-state index contributed by atoms with van der Waals surface area (Å²) in [6.07, 6.45) is 11.4. The molecule has 2 heteroatoms. The molecule has 1 spiro atoms. The second-order valence-electron chi connectivity index (χ2n) is 9.48. The van der Waals surface area contributed by atoms with Gasteiger partial charge in [-0.15, -0.1) is 0 Å². The Kier molecular flexibility index (Phi) is 3.26. The van der Waals surface area contributed by atoms with Gasteiger partial charge in [0.25, 0.3) is 0 Å². The minimum Gasteiger partial charge on any atom is -0.299 e. The van der Waals surface area contributed by atoms with Crippen molar-refractivity contribution in [2.24, 2.45) is 28.1 Å². The van der Waals surface area contributed by atoms with Crippen LogP contribution in [0.25, 0.3) is 0 Å². The first-order valence-electron chi connectivity index (χ1n) is 9.57. The van der Waals surface area contributed by atoms with E-state index in [2.05, 4.69) is 20.8 Å². The monoisotopic (exact) mass is 314 g/mol. The van der Waals surface area contributed by atoms with Gasteiger partial charge in [-0.3, -0.25) is 9.59 Å². The summed E-state index contributed by atoms with van der Waals surface area (Å²) in [6.45, 7) is 7.09. The molecule has 23 heavy (non-hydrogen) atoms. The van der Waals surface area contributed by atoms with E-state index >= 15 is 0 Å². The summed E-state index contributed by atoms with van der Waals surface area (Å²) in [7, 11) is 0. The van der Waals surface area contributed by atoms with Gasteiger partial charge in [-0.1, -0.05) is 26.3 Å². The minimum atomic E-state index is -0.0609. The number of allylic oxidation sites excluding steroid dienone is 2. The van der Waals surface area contributed by atoms with Gasteiger partial charge < -0.3 is 0 Å². The zero-order valence-corrected chi connectivity index (χ0v) is 14.9. The van der Waals surface area contributed by atoms with Crippen LogP contribution in [0.1, 0.15) is 78.6 Å². The summed E-state index contributed by atoms with van der Waals surface area (Å²) >= 11 is 0. The van der Waals surface area contributed by atoms with Gasteiger partial charge in [0, 0.05) is 18.3 Å².